The molecule has 148 valence electrons. The third-order valence-electron chi connectivity index (χ3n) is 5.30. The normalized spacial score (nSPS) is 21.4. The zero-order valence-corrected chi connectivity index (χ0v) is 15.9. The maximum absolute atomic E-state index is 12.6. The Morgan fingerprint density at radius 3 is 2.56 bits per heavy atom. The molecule has 0 saturated carbocycles. The summed E-state index contributed by atoms with van der Waals surface area (Å²) in [5, 5.41) is 16.0. The van der Waals surface area contributed by atoms with E-state index in [1.807, 2.05) is 0 Å². The van der Waals surface area contributed by atoms with Gasteiger partial charge in [0.25, 0.3) is 5.91 Å². The first-order valence-electron chi connectivity index (χ1n) is 9.11. The molecule has 27 heavy (non-hydrogen) atoms. The van der Waals surface area contributed by atoms with E-state index in [2.05, 4.69) is 44.7 Å². The van der Waals surface area contributed by atoms with Crippen molar-refractivity contribution in [2.45, 2.75) is 39.2 Å². The molecule has 0 unspecified atom stereocenters. The first-order chi connectivity index (χ1) is 12.7. The SMILES string of the molecule is Cc1nonc1C(=O)NCC(=O)N1CCC2(CC1)NCC(C)(C)CNC2=O. The third-order valence-corrected chi connectivity index (χ3v) is 5.30. The Balaban J connectivity index is 1.52. The van der Waals surface area contributed by atoms with Gasteiger partial charge in [-0.1, -0.05) is 19.0 Å². The number of hydrogen-bond donors (Lipinski definition) is 3. The second-order valence-corrected chi connectivity index (χ2v) is 8.04. The molecule has 0 atom stereocenters. The molecule has 1 spiro atoms. The topological polar surface area (TPSA) is 129 Å². The van der Waals surface area contributed by atoms with Crippen LogP contribution in [0.2, 0.25) is 0 Å². The maximum Gasteiger partial charge on any atom is 0.275 e. The van der Waals surface area contributed by atoms with Gasteiger partial charge in [0.15, 0.2) is 5.69 Å². The van der Waals surface area contributed by atoms with Crippen LogP contribution in [-0.4, -0.2) is 71.2 Å². The molecule has 10 heteroatoms. The predicted octanol–water partition coefficient (Wildman–Crippen LogP) is -0.785. The molecule has 0 aromatic carbocycles. The van der Waals surface area contributed by atoms with Gasteiger partial charge in [0.1, 0.15) is 11.2 Å². The number of amides is 3. The Labute approximate surface area is 157 Å². The van der Waals surface area contributed by atoms with E-state index in [4.69, 9.17) is 0 Å². The first kappa shape index (κ1) is 19.3. The summed E-state index contributed by atoms with van der Waals surface area (Å²) in [6.07, 6.45) is 1.09. The fraction of sp³-hybridized carbons (Fsp3) is 0.706. The second-order valence-electron chi connectivity index (χ2n) is 8.04. The molecule has 3 amide bonds. The number of aryl methyl sites for hydroxylation is 1. The summed E-state index contributed by atoms with van der Waals surface area (Å²) in [5.74, 6) is -0.688. The van der Waals surface area contributed by atoms with Crippen molar-refractivity contribution < 1.29 is 19.0 Å². The lowest BCUT2D eigenvalue weighted by molar-refractivity contribution is -0.136. The Kier molecular flexibility index (Phi) is 5.18. The third kappa shape index (κ3) is 4.10. The average molecular weight is 378 g/mol. The number of likely N-dealkylation sites (tertiary alicyclic amines) is 1. The molecule has 3 heterocycles. The molecule has 3 N–H and O–H groups in total. The minimum Gasteiger partial charge on any atom is -0.354 e. The first-order valence-corrected chi connectivity index (χ1v) is 9.11. The van der Waals surface area contributed by atoms with Crippen molar-refractivity contribution in [3.8, 4) is 0 Å². The minimum atomic E-state index is -0.628. The van der Waals surface area contributed by atoms with Crippen molar-refractivity contribution >= 4 is 17.7 Å². The number of carbonyl (C=O) groups is 3. The van der Waals surface area contributed by atoms with Gasteiger partial charge in [-0.25, -0.2) is 4.63 Å². The molecule has 0 radical (unpaired) electrons. The van der Waals surface area contributed by atoms with Gasteiger partial charge in [-0.3, -0.25) is 14.4 Å². The fourth-order valence-electron chi connectivity index (χ4n) is 3.37. The van der Waals surface area contributed by atoms with Crippen LogP contribution in [0.4, 0.5) is 0 Å². The van der Waals surface area contributed by atoms with E-state index in [1.54, 1.807) is 11.8 Å². The van der Waals surface area contributed by atoms with Gasteiger partial charge in [-0.2, -0.15) is 0 Å². The number of carbonyl (C=O) groups excluding carboxylic acids is 3. The van der Waals surface area contributed by atoms with E-state index in [1.165, 1.54) is 0 Å². The Bertz CT molecular complexity index is 736. The highest BCUT2D eigenvalue weighted by molar-refractivity contribution is 5.95. The van der Waals surface area contributed by atoms with Crippen molar-refractivity contribution in [1.82, 2.24) is 31.2 Å². The van der Waals surface area contributed by atoms with Crippen LogP contribution < -0.4 is 16.0 Å². The standard InChI is InChI=1S/C17H26N6O4/c1-11-13(22-27-21-11)14(25)18-8-12(24)23-6-4-17(5-7-23)15(26)19-9-16(2,3)10-20-17/h20H,4-10H2,1-3H3,(H,18,25)(H,19,26). The quantitative estimate of drug-likeness (QED) is 0.629. The van der Waals surface area contributed by atoms with Gasteiger partial charge in [-0.05, 0) is 30.3 Å². The lowest BCUT2D eigenvalue weighted by Gasteiger charge is -2.40. The highest BCUT2D eigenvalue weighted by Gasteiger charge is 2.44. The summed E-state index contributed by atoms with van der Waals surface area (Å²) in [4.78, 5) is 38.7. The summed E-state index contributed by atoms with van der Waals surface area (Å²) in [7, 11) is 0. The number of hydrogen-bond acceptors (Lipinski definition) is 7. The smallest absolute Gasteiger partial charge is 0.275 e. The van der Waals surface area contributed by atoms with Crippen molar-refractivity contribution in [3.63, 3.8) is 0 Å². The molecule has 2 aliphatic rings. The Morgan fingerprint density at radius 2 is 1.93 bits per heavy atom. The molecule has 0 bridgehead atoms. The molecule has 3 rings (SSSR count). The molecule has 2 aliphatic heterocycles. The van der Waals surface area contributed by atoms with Gasteiger partial charge >= 0.3 is 0 Å². The fourth-order valence-corrected chi connectivity index (χ4v) is 3.37. The van der Waals surface area contributed by atoms with Crippen LogP contribution in [-0.2, 0) is 9.59 Å². The van der Waals surface area contributed by atoms with Crippen LogP contribution in [0.15, 0.2) is 4.63 Å². The predicted molar refractivity (Wildman–Crippen MR) is 94.7 cm³/mol. The van der Waals surface area contributed by atoms with E-state index in [9.17, 15) is 14.4 Å². The largest absolute Gasteiger partial charge is 0.354 e. The molecule has 1 aromatic heterocycles. The van der Waals surface area contributed by atoms with Gasteiger partial charge in [0, 0.05) is 26.2 Å². The molecular formula is C17H26N6O4. The van der Waals surface area contributed by atoms with Gasteiger partial charge in [0.05, 0.1) is 6.54 Å². The lowest BCUT2D eigenvalue weighted by Crippen LogP contribution is -2.61. The van der Waals surface area contributed by atoms with E-state index in [-0.39, 0.29) is 29.5 Å². The van der Waals surface area contributed by atoms with E-state index in [0.717, 1.165) is 6.54 Å². The monoisotopic (exact) mass is 378 g/mol. The van der Waals surface area contributed by atoms with Crippen molar-refractivity contribution in [2.24, 2.45) is 5.41 Å². The van der Waals surface area contributed by atoms with Gasteiger partial charge < -0.3 is 20.9 Å². The number of aromatic nitrogens is 2. The lowest BCUT2D eigenvalue weighted by atomic mass is 9.86. The summed E-state index contributed by atoms with van der Waals surface area (Å²) in [6, 6.07) is 0. The van der Waals surface area contributed by atoms with Gasteiger partial charge in [-0.15, -0.1) is 0 Å². The van der Waals surface area contributed by atoms with Crippen LogP contribution in [0.3, 0.4) is 0 Å². The van der Waals surface area contributed by atoms with Gasteiger partial charge in [0.2, 0.25) is 11.8 Å². The van der Waals surface area contributed by atoms with Crippen molar-refractivity contribution in [2.75, 3.05) is 32.7 Å². The molecular weight excluding hydrogens is 352 g/mol. The van der Waals surface area contributed by atoms with Crippen molar-refractivity contribution in [3.05, 3.63) is 11.4 Å². The summed E-state index contributed by atoms with van der Waals surface area (Å²) in [5.41, 5.74) is -0.197. The molecule has 2 fully saturated rings. The molecule has 1 aromatic rings. The number of rotatable bonds is 3. The van der Waals surface area contributed by atoms with Crippen LogP contribution >= 0.6 is 0 Å². The van der Waals surface area contributed by atoms with Crippen LogP contribution in [0.1, 0.15) is 42.9 Å². The van der Waals surface area contributed by atoms with Crippen LogP contribution in [0.25, 0.3) is 0 Å². The number of nitrogens with one attached hydrogen (secondary N) is 3. The van der Waals surface area contributed by atoms with Crippen LogP contribution in [0.5, 0.6) is 0 Å². The highest BCUT2D eigenvalue weighted by atomic mass is 16.6. The van der Waals surface area contributed by atoms with Crippen LogP contribution in [0, 0.1) is 12.3 Å². The zero-order chi connectivity index (χ0) is 19.7. The summed E-state index contributed by atoms with van der Waals surface area (Å²) < 4.78 is 4.49. The summed E-state index contributed by atoms with van der Waals surface area (Å²) >= 11 is 0. The zero-order valence-electron chi connectivity index (χ0n) is 15.9. The number of piperidine rings is 1. The number of nitrogens with zero attached hydrogens (tertiary/aromatic N) is 3. The van der Waals surface area contributed by atoms with E-state index < -0.39 is 11.4 Å². The molecule has 2 saturated heterocycles. The maximum atomic E-state index is 12.6. The molecule has 0 aliphatic carbocycles. The molecule has 10 nitrogen and oxygen atoms in total. The average Bonchev–Trinajstić information content (AvgIpc) is 3.04. The van der Waals surface area contributed by atoms with E-state index in [0.29, 0.717) is 38.2 Å². The Morgan fingerprint density at radius 1 is 1.22 bits per heavy atom. The summed E-state index contributed by atoms with van der Waals surface area (Å²) in [6.45, 7) is 7.96. The highest BCUT2D eigenvalue weighted by Crippen LogP contribution is 2.27. The van der Waals surface area contributed by atoms with E-state index >= 15 is 0 Å². The minimum absolute atomic E-state index is 0.00230. The van der Waals surface area contributed by atoms with Crippen molar-refractivity contribution in [1.29, 1.82) is 0 Å². The second kappa shape index (κ2) is 7.26. The Hall–Kier alpha value is -2.49.